The first-order valence-electron chi connectivity index (χ1n) is 1.56. The summed E-state index contributed by atoms with van der Waals surface area (Å²) in [6, 6.07) is 0. The van der Waals surface area contributed by atoms with Crippen LogP contribution in [-0.4, -0.2) is 27.5 Å². The maximum absolute atomic E-state index is 11.2. The van der Waals surface area contributed by atoms with Crippen molar-refractivity contribution in [1.82, 2.24) is 4.98 Å². The van der Waals surface area contributed by atoms with Crippen LogP contribution in [0.3, 0.4) is 0 Å². The summed E-state index contributed by atoms with van der Waals surface area (Å²) in [6.07, 6.45) is -4.29. The number of hydrogen-bond acceptors (Lipinski definition) is 2. The molecule has 0 atom stereocenters. The van der Waals surface area contributed by atoms with E-state index >= 15 is 0 Å². The molecular formula is C2H2F2NO2Si. The molecule has 1 amide bonds. The summed E-state index contributed by atoms with van der Waals surface area (Å²) in [4.78, 5) is 11.0. The van der Waals surface area contributed by atoms with E-state index < -0.39 is 12.0 Å². The van der Waals surface area contributed by atoms with Crippen molar-refractivity contribution in [2.24, 2.45) is 0 Å². The van der Waals surface area contributed by atoms with Gasteiger partial charge < -0.3 is 10.1 Å². The second-order valence-electron chi connectivity index (χ2n) is 0.995. The second kappa shape index (κ2) is 2.18. The predicted molar refractivity (Wildman–Crippen MR) is 21.1 cm³/mol. The summed E-state index contributed by atoms with van der Waals surface area (Å²) in [5, 5.41) is 7.51. The third-order valence-corrected chi connectivity index (χ3v) is 0.614. The standard InChI is InChI=1S/C2H2F2NO2Si/c3-2(4,7)1(6)5-8/h7H,(H,5,6). The van der Waals surface area contributed by atoms with Crippen LogP contribution in [0.15, 0.2) is 0 Å². The molecular weight excluding hydrogens is 136 g/mol. The summed E-state index contributed by atoms with van der Waals surface area (Å²) in [5.74, 6) is -1.78. The molecule has 6 heteroatoms. The average Bonchev–Trinajstić information content (AvgIpc) is 1.62. The molecule has 0 bridgehead atoms. The van der Waals surface area contributed by atoms with Gasteiger partial charge in [0.1, 0.15) is 0 Å². The second-order valence-corrected chi connectivity index (χ2v) is 1.25. The van der Waals surface area contributed by atoms with Gasteiger partial charge in [0.05, 0.1) is 0 Å². The lowest BCUT2D eigenvalue weighted by atomic mass is 10.6. The Labute approximate surface area is 47.2 Å². The van der Waals surface area contributed by atoms with Crippen LogP contribution in [0.4, 0.5) is 8.78 Å². The Balaban J connectivity index is 3.82. The minimum absolute atomic E-state index is 1.37. The highest BCUT2D eigenvalue weighted by atomic mass is 28.2. The molecule has 3 radical (unpaired) electrons. The maximum atomic E-state index is 11.2. The van der Waals surface area contributed by atoms with Crippen LogP contribution in [0.25, 0.3) is 0 Å². The molecule has 0 saturated heterocycles. The van der Waals surface area contributed by atoms with Crippen LogP contribution in [0.5, 0.6) is 0 Å². The van der Waals surface area contributed by atoms with E-state index in [2.05, 4.69) is 10.4 Å². The number of alkyl halides is 2. The van der Waals surface area contributed by atoms with Crippen molar-refractivity contribution in [2.45, 2.75) is 6.11 Å². The molecule has 0 heterocycles. The molecule has 0 fully saturated rings. The molecule has 0 aliphatic rings. The van der Waals surface area contributed by atoms with E-state index in [0.717, 1.165) is 0 Å². The molecule has 3 nitrogen and oxygen atoms in total. The van der Waals surface area contributed by atoms with Gasteiger partial charge in [0.2, 0.25) is 0 Å². The number of halogens is 2. The Morgan fingerprint density at radius 2 is 2.12 bits per heavy atom. The van der Waals surface area contributed by atoms with E-state index in [4.69, 9.17) is 5.11 Å². The van der Waals surface area contributed by atoms with Gasteiger partial charge in [0, 0.05) is 0 Å². The van der Waals surface area contributed by atoms with Crippen molar-refractivity contribution in [3.63, 3.8) is 0 Å². The molecule has 0 aliphatic heterocycles. The van der Waals surface area contributed by atoms with E-state index in [-0.39, 0.29) is 0 Å². The summed E-state index contributed by atoms with van der Waals surface area (Å²) in [6.45, 7) is 0. The van der Waals surface area contributed by atoms with Crippen LogP contribution >= 0.6 is 0 Å². The van der Waals surface area contributed by atoms with E-state index in [1.165, 1.54) is 4.98 Å². The van der Waals surface area contributed by atoms with Crippen LogP contribution in [0.1, 0.15) is 0 Å². The molecule has 0 aliphatic carbocycles. The van der Waals surface area contributed by atoms with Gasteiger partial charge in [-0.3, -0.25) is 4.79 Å². The van der Waals surface area contributed by atoms with Gasteiger partial charge in [-0.15, -0.1) is 0 Å². The quantitative estimate of drug-likeness (QED) is 0.446. The van der Waals surface area contributed by atoms with Crippen molar-refractivity contribution in [2.75, 3.05) is 0 Å². The molecule has 2 N–H and O–H groups in total. The normalized spacial score (nSPS) is 11.0. The van der Waals surface area contributed by atoms with Crippen LogP contribution in [-0.2, 0) is 4.79 Å². The van der Waals surface area contributed by atoms with Crippen molar-refractivity contribution in [3.8, 4) is 0 Å². The van der Waals surface area contributed by atoms with Crippen molar-refractivity contribution in [1.29, 1.82) is 0 Å². The molecule has 45 valence electrons. The summed E-state index contributed by atoms with van der Waals surface area (Å²) in [5.41, 5.74) is 0. The van der Waals surface area contributed by atoms with Gasteiger partial charge in [-0.05, 0) is 0 Å². The van der Waals surface area contributed by atoms with Crippen molar-refractivity contribution >= 4 is 16.3 Å². The first-order valence-corrected chi connectivity index (χ1v) is 2.06. The lowest BCUT2D eigenvalue weighted by Crippen LogP contribution is -2.38. The molecule has 8 heavy (non-hydrogen) atoms. The number of carbonyl (C=O) groups excluding carboxylic acids is 1. The predicted octanol–water partition coefficient (Wildman–Crippen LogP) is -1.23. The third kappa shape index (κ3) is 1.98. The van der Waals surface area contributed by atoms with E-state index in [9.17, 15) is 13.6 Å². The van der Waals surface area contributed by atoms with Crippen molar-refractivity contribution in [3.05, 3.63) is 0 Å². The van der Waals surface area contributed by atoms with Gasteiger partial charge in [-0.1, -0.05) is 0 Å². The summed E-state index contributed by atoms with van der Waals surface area (Å²) in [7, 11) is 2.26. The zero-order chi connectivity index (χ0) is 6.78. The zero-order valence-electron chi connectivity index (χ0n) is 3.61. The number of aliphatic hydroxyl groups is 1. The third-order valence-electron chi connectivity index (χ3n) is 0.387. The molecule has 0 unspecified atom stereocenters. The van der Waals surface area contributed by atoms with Gasteiger partial charge in [0.25, 0.3) is 0 Å². The Bertz CT molecular complexity index is 101. The number of rotatable bonds is 1. The fourth-order valence-corrected chi connectivity index (χ4v) is 0.226. The monoisotopic (exact) mass is 138 g/mol. The first-order chi connectivity index (χ1) is 3.48. The largest absolute Gasteiger partial charge is 0.433 e. The highest BCUT2D eigenvalue weighted by Gasteiger charge is 2.34. The van der Waals surface area contributed by atoms with E-state index in [0.29, 0.717) is 0 Å². The van der Waals surface area contributed by atoms with Crippen molar-refractivity contribution < 1.29 is 18.7 Å². The van der Waals surface area contributed by atoms with Crippen LogP contribution in [0.2, 0.25) is 0 Å². The van der Waals surface area contributed by atoms with Gasteiger partial charge in [-0.2, -0.15) is 8.78 Å². The minimum Gasteiger partial charge on any atom is -0.376 e. The fraction of sp³-hybridized carbons (Fsp3) is 0.500. The number of hydrogen-bond donors (Lipinski definition) is 2. The number of carbonyl (C=O) groups is 1. The highest BCUT2D eigenvalue weighted by molar-refractivity contribution is 6.15. The Morgan fingerprint density at radius 1 is 1.75 bits per heavy atom. The lowest BCUT2D eigenvalue weighted by Gasteiger charge is -2.03. The van der Waals surface area contributed by atoms with Gasteiger partial charge in [0.15, 0.2) is 10.4 Å². The number of amides is 1. The SMILES string of the molecule is O=C(N[Si])C(O)(F)F. The highest BCUT2D eigenvalue weighted by Crippen LogP contribution is 2.05. The number of nitrogens with one attached hydrogen (secondary N) is 1. The van der Waals surface area contributed by atoms with E-state index in [1.807, 2.05) is 0 Å². The molecule has 0 spiro atoms. The smallest absolute Gasteiger partial charge is 0.376 e. The Hall–Kier alpha value is -0.493. The molecule has 0 aromatic heterocycles. The Kier molecular flexibility index (Phi) is 2.05. The summed E-state index contributed by atoms with van der Waals surface area (Å²) >= 11 is 0. The zero-order valence-corrected chi connectivity index (χ0v) is 4.61. The maximum Gasteiger partial charge on any atom is 0.433 e. The van der Waals surface area contributed by atoms with Crippen LogP contribution in [0, 0.1) is 0 Å². The molecule has 0 aromatic carbocycles. The molecule has 0 saturated carbocycles. The minimum atomic E-state index is -4.29. The van der Waals surface area contributed by atoms with Crippen LogP contribution < -0.4 is 4.98 Å². The molecule has 0 aromatic rings. The van der Waals surface area contributed by atoms with Gasteiger partial charge >= 0.3 is 12.0 Å². The topological polar surface area (TPSA) is 49.3 Å². The Morgan fingerprint density at radius 3 is 2.12 bits per heavy atom. The first kappa shape index (κ1) is 7.51. The fourth-order valence-electron chi connectivity index (χ4n) is 0.0752. The van der Waals surface area contributed by atoms with E-state index in [1.54, 1.807) is 0 Å². The lowest BCUT2D eigenvalue weighted by molar-refractivity contribution is -0.203. The average molecular weight is 138 g/mol. The summed E-state index contributed by atoms with van der Waals surface area (Å²) < 4.78 is 22.5. The van der Waals surface area contributed by atoms with Gasteiger partial charge in [-0.25, -0.2) is 0 Å². The molecule has 0 rings (SSSR count).